The minimum Gasteiger partial charge on any atom is -0.463 e. The molecular formula is C19H28N2O2. The highest BCUT2D eigenvalue weighted by atomic mass is 16.5. The van der Waals surface area contributed by atoms with Crippen LogP contribution in [-0.4, -0.2) is 41.1 Å². The predicted molar refractivity (Wildman–Crippen MR) is 91.2 cm³/mol. The zero-order chi connectivity index (χ0) is 16.7. The molecule has 2 saturated heterocycles. The summed E-state index contributed by atoms with van der Waals surface area (Å²) in [5, 5.41) is 3.72. The number of hydrogen-bond acceptors (Lipinski definition) is 4. The van der Waals surface area contributed by atoms with Gasteiger partial charge in [-0.3, -0.25) is 4.90 Å². The quantitative estimate of drug-likeness (QED) is 0.852. The molecule has 0 bridgehead atoms. The van der Waals surface area contributed by atoms with Gasteiger partial charge in [-0.2, -0.15) is 0 Å². The monoisotopic (exact) mass is 316 g/mol. The Bertz CT molecular complexity index is 552. The molecule has 2 heterocycles. The summed E-state index contributed by atoms with van der Waals surface area (Å²) < 4.78 is 5.37. The van der Waals surface area contributed by atoms with E-state index in [9.17, 15) is 4.79 Å². The summed E-state index contributed by atoms with van der Waals surface area (Å²) >= 11 is 0. The van der Waals surface area contributed by atoms with Gasteiger partial charge in [-0.15, -0.1) is 0 Å². The zero-order valence-corrected chi connectivity index (χ0v) is 14.6. The molecule has 0 aliphatic carbocycles. The SMILES string of the molecule is CC1(C)CC(N2CCOC(=O)C2c2ccccc2)CC(C)(C)N1. The Balaban J connectivity index is 1.91. The van der Waals surface area contributed by atoms with Crippen LogP contribution < -0.4 is 5.32 Å². The van der Waals surface area contributed by atoms with Gasteiger partial charge in [-0.05, 0) is 46.1 Å². The number of hydrogen-bond donors (Lipinski definition) is 1. The van der Waals surface area contributed by atoms with Gasteiger partial charge in [0.15, 0.2) is 0 Å². The van der Waals surface area contributed by atoms with Crippen LogP contribution in [0.2, 0.25) is 0 Å². The van der Waals surface area contributed by atoms with Crippen LogP contribution in [0.25, 0.3) is 0 Å². The number of benzene rings is 1. The third-order valence-electron chi connectivity index (χ3n) is 4.90. The smallest absolute Gasteiger partial charge is 0.328 e. The van der Waals surface area contributed by atoms with Gasteiger partial charge in [0.1, 0.15) is 12.6 Å². The van der Waals surface area contributed by atoms with E-state index in [-0.39, 0.29) is 23.1 Å². The average Bonchev–Trinajstić information content (AvgIpc) is 2.44. The number of esters is 1. The van der Waals surface area contributed by atoms with Gasteiger partial charge in [-0.1, -0.05) is 30.3 Å². The van der Waals surface area contributed by atoms with Crippen molar-refractivity contribution in [1.82, 2.24) is 10.2 Å². The highest BCUT2D eigenvalue weighted by Gasteiger charge is 2.44. The molecule has 2 fully saturated rings. The second-order valence-electron chi connectivity index (χ2n) is 8.17. The minimum absolute atomic E-state index is 0.0645. The molecule has 1 aromatic carbocycles. The van der Waals surface area contributed by atoms with Gasteiger partial charge in [-0.25, -0.2) is 4.79 Å². The van der Waals surface area contributed by atoms with Gasteiger partial charge >= 0.3 is 5.97 Å². The predicted octanol–water partition coefficient (Wildman–Crippen LogP) is 2.90. The lowest BCUT2D eigenvalue weighted by molar-refractivity contribution is -0.161. The van der Waals surface area contributed by atoms with Crippen molar-refractivity contribution in [2.75, 3.05) is 13.2 Å². The topological polar surface area (TPSA) is 41.6 Å². The molecular weight excluding hydrogens is 288 g/mol. The van der Waals surface area contributed by atoms with Crippen molar-refractivity contribution in [1.29, 1.82) is 0 Å². The van der Waals surface area contributed by atoms with Crippen molar-refractivity contribution in [2.24, 2.45) is 0 Å². The summed E-state index contributed by atoms with van der Waals surface area (Å²) in [6.07, 6.45) is 2.07. The number of carbonyl (C=O) groups excluding carboxylic acids is 1. The van der Waals surface area contributed by atoms with Gasteiger partial charge in [0, 0.05) is 23.7 Å². The first-order valence-electron chi connectivity index (χ1n) is 8.54. The summed E-state index contributed by atoms with van der Waals surface area (Å²) in [6, 6.07) is 10.1. The van der Waals surface area contributed by atoms with Crippen LogP contribution in [0.3, 0.4) is 0 Å². The van der Waals surface area contributed by atoms with E-state index in [1.54, 1.807) is 0 Å². The van der Waals surface area contributed by atoms with Crippen LogP contribution in [0.15, 0.2) is 30.3 Å². The molecule has 1 aromatic rings. The number of carbonyl (C=O) groups is 1. The highest BCUT2D eigenvalue weighted by molar-refractivity contribution is 5.78. The van der Waals surface area contributed by atoms with Crippen LogP contribution in [-0.2, 0) is 9.53 Å². The van der Waals surface area contributed by atoms with Gasteiger partial charge in [0.25, 0.3) is 0 Å². The number of nitrogens with zero attached hydrogens (tertiary/aromatic N) is 1. The van der Waals surface area contributed by atoms with E-state index >= 15 is 0 Å². The first kappa shape index (κ1) is 16.5. The maximum absolute atomic E-state index is 12.5. The Hall–Kier alpha value is -1.39. The molecule has 4 heteroatoms. The van der Waals surface area contributed by atoms with Gasteiger partial charge < -0.3 is 10.1 Å². The van der Waals surface area contributed by atoms with Gasteiger partial charge in [0.05, 0.1) is 0 Å². The molecule has 1 N–H and O–H groups in total. The third kappa shape index (κ3) is 3.59. The zero-order valence-electron chi connectivity index (χ0n) is 14.6. The molecule has 3 rings (SSSR count). The molecule has 2 aliphatic heterocycles. The van der Waals surface area contributed by atoms with Gasteiger partial charge in [0.2, 0.25) is 0 Å². The lowest BCUT2D eigenvalue weighted by atomic mass is 9.78. The molecule has 1 atom stereocenters. The maximum Gasteiger partial charge on any atom is 0.328 e. The molecule has 1 unspecified atom stereocenters. The Morgan fingerprint density at radius 1 is 1.09 bits per heavy atom. The molecule has 4 nitrogen and oxygen atoms in total. The van der Waals surface area contributed by atoms with Crippen molar-refractivity contribution in [3.8, 4) is 0 Å². The third-order valence-corrected chi connectivity index (χ3v) is 4.90. The standard InChI is InChI=1S/C19H28N2O2/c1-18(2)12-15(13-19(3,4)20-18)21-10-11-23-17(22)16(21)14-8-6-5-7-9-14/h5-9,15-16,20H,10-13H2,1-4H3. The van der Waals surface area contributed by atoms with E-state index < -0.39 is 0 Å². The number of morpholine rings is 1. The second kappa shape index (κ2) is 5.91. The van der Waals surface area contributed by atoms with Crippen LogP contribution in [0.4, 0.5) is 0 Å². The Morgan fingerprint density at radius 3 is 2.30 bits per heavy atom. The van der Waals surface area contributed by atoms with E-state index in [4.69, 9.17) is 4.74 Å². The number of cyclic esters (lactones) is 1. The summed E-state index contributed by atoms with van der Waals surface area (Å²) in [5.74, 6) is -0.114. The number of piperidine rings is 1. The van der Waals surface area contributed by atoms with Crippen LogP contribution in [0.5, 0.6) is 0 Å². The average molecular weight is 316 g/mol. The largest absolute Gasteiger partial charge is 0.463 e. The molecule has 23 heavy (non-hydrogen) atoms. The first-order valence-corrected chi connectivity index (χ1v) is 8.54. The van der Waals surface area contributed by atoms with Crippen LogP contribution >= 0.6 is 0 Å². The molecule has 2 aliphatic rings. The van der Waals surface area contributed by atoms with Crippen molar-refractivity contribution in [3.05, 3.63) is 35.9 Å². The molecule has 0 saturated carbocycles. The molecule has 0 aromatic heterocycles. The van der Waals surface area contributed by atoms with E-state index in [2.05, 4.69) is 37.9 Å². The van der Waals surface area contributed by atoms with Crippen molar-refractivity contribution in [3.63, 3.8) is 0 Å². The fourth-order valence-corrected chi connectivity index (χ4v) is 4.45. The van der Waals surface area contributed by atoms with Crippen molar-refractivity contribution >= 4 is 5.97 Å². The molecule has 126 valence electrons. The van der Waals surface area contributed by atoms with Crippen LogP contribution in [0.1, 0.15) is 52.1 Å². The number of ether oxygens (including phenoxy) is 1. The normalized spacial score (nSPS) is 28.3. The minimum atomic E-state index is -0.278. The summed E-state index contributed by atoms with van der Waals surface area (Å²) in [5.41, 5.74) is 1.16. The van der Waals surface area contributed by atoms with Crippen molar-refractivity contribution in [2.45, 2.75) is 63.7 Å². The summed E-state index contributed by atoms with van der Waals surface area (Å²) in [4.78, 5) is 14.9. The van der Waals surface area contributed by atoms with E-state index in [0.29, 0.717) is 12.6 Å². The summed E-state index contributed by atoms with van der Waals surface area (Å²) in [7, 11) is 0. The lowest BCUT2D eigenvalue weighted by Gasteiger charge is -2.51. The Morgan fingerprint density at radius 2 is 1.70 bits per heavy atom. The molecule has 0 radical (unpaired) electrons. The fourth-order valence-electron chi connectivity index (χ4n) is 4.45. The van der Waals surface area contributed by atoms with Crippen molar-refractivity contribution < 1.29 is 9.53 Å². The van der Waals surface area contributed by atoms with Crippen LogP contribution in [0, 0.1) is 0 Å². The molecule has 0 spiro atoms. The van der Waals surface area contributed by atoms with E-state index in [1.165, 1.54) is 0 Å². The molecule has 0 amide bonds. The number of rotatable bonds is 2. The maximum atomic E-state index is 12.5. The fraction of sp³-hybridized carbons (Fsp3) is 0.632. The number of nitrogens with one attached hydrogen (secondary N) is 1. The van der Waals surface area contributed by atoms with E-state index in [1.807, 2.05) is 30.3 Å². The second-order valence-corrected chi connectivity index (χ2v) is 8.17. The highest BCUT2D eigenvalue weighted by Crippen LogP contribution is 2.37. The summed E-state index contributed by atoms with van der Waals surface area (Å²) in [6.45, 7) is 10.3. The van der Waals surface area contributed by atoms with E-state index in [0.717, 1.165) is 24.9 Å². The lowest BCUT2D eigenvalue weighted by Crippen LogP contribution is -2.63. The Labute approximate surface area is 139 Å². The first-order chi connectivity index (χ1) is 10.8. The Kier molecular flexibility index (Phi) is 4.23.